The van der Waals surface area contributed by atoms with Crippen molar-refractivity contribution in [2.45, 2.75) is 6.18 Å². The summed E-state index contributed by atoms with van der Waals surface area (Å²) in [6.07, 6.45) is -3.02. The lowest BCUT2D eigenvalue weighted by molar-refractivity contribution is -0.137. The number of methoxy groups -OCH3 is 1. The summed E-state index contributed by atoms with van der Waals surface area (Å²) in [7, 11) is 3.19. The van der Waals surface area contributed by atoms with Crippen LogP contribution in [0.5, 0.6) is 5.75 Å². The van der Waals surface area contributed by atoms with Gasteiger partial charge in [-0.1, -0.05) is 18.1 Å². The first-order valence-corrected chi connectivity index (χ1v) is 8.19. The van der Waals surface area contributed by atoms with Crippen LogP contribution in [0.1, 0.15) is 32.9 Å². The van der Waals surface area contributed by atoms with Crippen LogP contribution in [-0.4, -0.2) is 22.4 Å². The molecule has 0 saturated carbocycles. The van der Waals surface area contributed by atoms with Crippen molar-refractivity contribution in [1.82, 2.24) is 9.55 Å². The summed E-state index contributed by atoms with van der Waals surface area (Å²) in [5.41, 5.74) is 0.487. The van der Waals surface area contributed by atoms with Gasteiger partial charge in [-0.15, -0.1) is 0 Å². The van der Waals surface area contributed by atoms with Gasteiger partial charge in [0.1, 0.15) is 17.1 Å². The number of aryl methyl sites for hydroxylation is 1. The molecular weight excluding hydrogens is 369 g/mol. The second kappa shape index (κ2) is 7.61. The molecule has 28 heavy (non-hydrogen) atoms. The molecule has 0 saturated heterocycles. The van der Waals surface area contributed by atoms with E-state index < -0.39 is 17.5 Å². The Balaban J connectivity index is 1.90. The molecule has 1 aromatic heterocycles. The van der Waals surface area contributed by atoms with Crippen LogP contribution >= 0.6 is 0 Å². The maximum atomic E-state index is 12.8. The summed E-state index contributed by atoms with van der Waals surface area (Å²) in [5.74, 6) is 6.01. The SMILES string of the molecule is COc1ccc(C#Cc2ncn(C)c2C(=O)c2ccc(C(F)(F)F)cc2)cc1. The van der Waals surface area contributed by atoms with Crippen molar-refractivity contribution in [3.05, 3.63) is 82.9 Å². The summed E-state index contributed by atoms with van der Waals surface area (Å²) in [6.45, 7) is 0. The monoisotopic (exact) mass is 384 g/mol. The summed E-state index contributed by atoms with van der Waals surface area (Å²) in [6, 6.07) is 11.1. The highest BCUT2D eigenvalue weighted by atomic mass is 19.4. The third-order valence-corrected chi connectivity index (χ3v) is 4.04. The van der Waals surface area contributed by atoms with E-state index in [-0.39, 0.29) is 17.0 Å². The van der Waals surface area contributed by atoms with Crippen molar-refractivity contribution in [1.29, 1.82) is 0 Å². The normalized spacial score (nSPS) is 10.9. The van der Waals surface area contributed by atoms with E-state index in [9.17, 15) is 18.0 Å². The first-order valence-electron chi connectivity index (χ1n) is 8.19. The Morgan fingerprint density at radius 3 is 2.25 bits per heavy atom. The smallest absolute Gasteiger partial charge is 0.416 e. The number of carbonyl (C=O) groups is 1. The lowest BCUT2D eigenvalue weighted by Gasteiger charge is -2.07. The van der Waals surface area contributed by atoms with Crippen LogP contribution in [0.2, 0.25) is 0 Å². The van der Waals surface area contributed by atoms with Crippen molar-refractivity contribution < 1.29 is 22.7 Å². The number of hydrogen-bond acceptors (Lipinski definition) is 3. The summed E-state index contributed by atoms with van der Waals surface area (Å²) in [5, 5.41) is 0. The van der Waals surface area contributed by atoms with E-state index in [1.54, 1.807) is 38.4 Å². The van der Waals surface area contributed by atoms with E-state index in [1.807, 2.05) is 0 Å². The average molecular weight is 384 g/mol. The van der Waals surface area contributed by atoms with Crippen molar-refractivity contribution in [3.63, 3.8) is 0 Å². The largest absolute Gasteiger partial charge is 0.497 e. The molecule has 4 nitrogen and oxygen atoms in total. The molecule has 0 bridgehead atoms. The fourth-order valence-electron chi connectivity index (χ4n) is 2.54. The van der Waals surface area contributed by atoms with Crippen LogP contribution in [0.4, 0.5) is 13.2 Å². The van der Waals surface area contributed by atoms with Crippen molar-refractivity contribution >= 4 is 5.78 Å². The molecule has 0 N–H and O–H groups in total. The Morgan fingerprint density at radius 1 is 1.04 bits per heavy atom. The second-order valence-electron chi connectivity index (χ2n) is 5.94. The van der Waals surface area contributed by atoms with Gasteiger partial charge in [0.05, 0.1) is 19.0 Å². The van der Waals surface area contributed by atoms with E-state index in [0.29, 0.717) is 11.3 Å². The molecule has 7 heteroatoms. The van der Waals surface area contributed by atoms with E-state index >= 15 is 0 Å². The minimum Gasteiger partial charge on any atom is -0.497 e. The number of rotatable bonds is 3. The number of alkyl halides is 3. The summed E-state index contributed by atoms with van der Waals surface area (Å²) in [4.78, 5) is 16.9. The number of nitrogens with zero attached hydrogens (tertiary/aromatic N) is 2. The van der Waals surface area contributed by atoms with Gasteiger partial charge in [-0.2, -0.15) is 13.2 Å². The van der Waals surface area contributed by atoms with Crippen molar-refractivity contribution in [2.75, 3.05) is 7.11 Å². The highest BCUT2D eigenvalue weighted by Crippen LogP contribution is 2.29. The van der Waals surface area contributed by atoms with Crippen molar-refractivity contribution in [3.8, 4) is 17.6 Å². The van der Waals surface area contributed by atoms with Crippen LogP contribution in [-0.2, 0) is 13.2 Å². The number of aromatic nitrogens is 2. The van der Waals surface area contributed by atoms with Gasteiger partial charge < -0.3 is 9.30 Å². The van der Waals surface area contributed by atoms with Crippen LogP contribution in [0.15, 0.2) is 54.9 Å². The van der Waals surface area contributed by atoms with Gasteiger partial charge in [-0.25, -0.2) is 4.98 Å². The lowest BCUT2D eigenvalue weighted by Crippen LogP contribution is -2.10. The third-order valence-electron chi connectivity index (χ3n) is 4.04. The average Bonchev–Trinajstić information content (AvgIpc) is 3.06. The Hall–Kier alpha value is -3.53. The molecule has 0 radical (unpaired) electrons. The summed E-state index contributed by atoms with van der Waals surface area (Å²) < 4.78 is 44.7. The first-order chi connectivity index (χ1) is 13.3. The number of hydrogen-bond donors (Lipinski definition) is 0. The van der Waals surface area contributed by atoms with Crippen LogP contribution < -0.4 is 4.74 Å². The second-order valence-corrected chi connectivity index (χ2v) is 5.94. The van der Waals surface area contributed by atoms with Gasteiger partial charge in [0.25, 0.3) is 0 Å². The highest BCUT2D eigenvalue weighted by molar-refractivity contribution is 6.09. The Bertz CT molecular complexity index is 1050. The van der Waals surface area contributed by atoms with Crippen LogP contribution in [0, 0.1) is 11.8 Å². The molecule has 142 valence electrons. The molecule has 0 unspecified atom stereocenters. The number of ketones is 1. The minimum atomic E-state index is -4.46. The number of imidazole rings is 1. The molecule has 0 aliphatic rings. The van der Waals surface area contributed by atoms with Gasteiger partial charge >= 0.3 is 6.18 Å². The lowest BCUT2D eigenvalue weighted by atomic mass is 10.0. The van der Waals surface area contributed by atoms with Gasteiger partial charge in [0, 0.05) is 18.2 Å². The zero-order valence-electron chi connectivity index (χ0n) is 15.0. The van der Waals surface area contributed by atoms with Gasteiger partial charge in [-0.3, -0.25) is 4.79 Å². The first kappa shape index (κ1) is 19.2. The highest BCUT2D eigenvalue weighted by Gasteiger charge is 2.30. The van der Waals surface area contributed by atoms with Gasteiger partial charge in [0.2, 0.25) is 5.78 Å². The summed E-state index contributed by atoms with van der Waals surface area (Å²) >= 11 is 0. The molecule has 0 aliphatic heterocycles. The molecule has 0 amide bonds. The number of benzene rings is 2. The van der Waals surface area contributed by atoms with Gasteiger partial charge in [0.15, 0.2) is 0 Å². The number of ether oxygens (including phenoxy) is 1. The Morgan fingerprint density at radius 2 is 1.68 bits per heavy atom. The fourth-order valence-corrected chi connectivity index (χ4v) is 2.54. The van der Waals surface area contributed by atoms with Crippen LogP contribution in [0.3, 0.4) is 0 Å². The molecule has 0 aliphatic carbocycles. The zero-order valence-corrected chi connectivity index (χ0v) is 15.0. The van der Waals surface area contributed by atoms with E-state index in [1.165, 1.54) is 10.9 Å². The predicted octanol–water partition coefficient (Wildman–Crippen LogP) is 4.08. The molecule has 0 atom stereocenters. The van der Waals surface area contributed by atoms with Crippen molar-refractivity contribution in [2.24, 2.45) is 7.05 Å². The molecule has 3 rings (SSSR count). The standard InChI is InChI=1S/C21H15F3N2O2/c1-26-13-25-18(12-5-14-3-10-17(28-2)11-4-14)19(26)20(27)15-6-8-16(9-7-15)21(22,23)24/h3-4,6-11,13H,1-2H3. The molecule has 0 spiro atoms. The Labute approximate surface area is 159 Å². The molecular formula is C21H15F3N2O2. The predicted molar refractivity (Wildman–Crippen MR) is 97.1 cm³/mol. The third kappa shape index (κ3) is 4.07. The van der Waals surface area contributed by atoms with Gasteiger partial charge in [-0.05, 0) is 42.3 Å². The van der Waals surface area contributed by atoms with E-state index in [2.05, 4.69) is 16.8 Å². The molecule has 2 aromatic carbocycles. The minimum absolute atomic E-state index is 0.129. The van der Waals surface area contributed by atoms with E-state index in [0.717, 1.165) is 24.3 Å². The van der Waals surface area contributed by atoms with Crippen LogP contribution in [0.25, 0.3) is 0 Å². The fraction of sp³-hybridized carbons (Fsp3) is 0.143. The Kier molecular flexibility index (Phi) is 5.23. The molecule has 3 aromatic rings. The maximum Gasteiger partial charge on any atom is 0.416 e. The quantitative estimate of drug-likeness (QED) is 0.505. The maximum absolute atomic E-state index is 12.8. The molecule has 0 fully saturated rings. The number of carbonyl (C=O) groups excluding carboxylic acids is 1. The zero-order chi connectivity index (χ0) is 20.3. The number of halogens is 3. The van der Waals surface area contributed by atoms with E-state index in [4.69, 9.17) is 4.74 Å². The molecule has 1 heterocycles. The topological polar surface area (TPSA) is 44.1 Å².